The van der Waals surface area contributed by atoms with Crippen molar-refractivity contribution in [2.24, 2.45) is 0 Å². The molecule has 0 aliphatic heterocycles. The Bertz CT molecular complexity index is 824. The van der Waals surface area contributed by atoms with Gasteiger partial charge in [-0.2, -0.15) is 0 Å². The third-order valence-electron chi connectivity index (χ3n) is 3.10. The molecule has 2 aromatic carbocycles. The maximum absolute atomic E-state index is 12.4. The second kappa shape index (κ2) is 4.63. The van der Waals surface area contributed by atoms with Gasteiger partial charge in [-0.05, 0) is 36.8 Å². The van der Waals surface area contributed by atoms with E-state index in [9.17, 15) is 4.79 Å². The van der Waals surface area contributed by atoms with Crippen LogP contribution in [-0.2, 0) is 0 Å². The van der Waals surface area contributed by atoms with Crippen LogP contribution in [0.4, 0.5) is 0 Å². The third kappa shape index (κ3) is 2.08. The van der Waals surface area contributed by atoms with E-state index in [1.807, 2.05) is 43.3 Å². The van der Waals surface area contributed by atoms with Gasteiger partial charge in [0.1, 0.15) is 6.33 Å². The summed E-state index contributed by atoms with van der Waals surface area (Å²) in [6.45, 7) is 2.01. The zero-order valence-electron chi connectivity index (χ0n) is 10.3. The summed E-state index contributed by atoms with van der Waals surface area (Å²) in [4.78, 5) is 16.8. The highest BCUT2D eigenvalue weighted by Crippen LogP contribution is 2.19. The van der Waals surface area contributed by atoms with E-state index in [4.69, 9.17) is 0 Å². The number of hydrogen-bond donors (Lipinski definition) is 0. The maximum atomic E-state index is 12.4. The molecule has 0 aliphatic carbocycles. The number of aromatic nitrogens is 2. The van der Waals surface area contributed by atoms with Gasteiger partial charge in [-0.3, -0.25) is 9.36 Å². The van der Waals surface area contributed by atoms with Crippen molar-refractivity contribution in [1.82, 2.24) is 9.55 Å². The van der Waals surface area contributed by atoms with Crippen molar-refractivity contribution < 1.29 is 0 Å². The number of fused-ring (bicyclic) bond motifs is 1. The highest BCUT2D eigenvalue weighted by Gasteiger charge is 2.06. The summed E-state index contributed by atoms with van der Waals surface area (Å²) in [5.41, 5.74) is 2.60. The highest BCUT2D eigenvalue weighted by molar-refractivity contribution is 9.10. The molecule has 4 heteroatoms. The lowest BCUT2D eigenvalue weighted by atomic mass is 10.2. The minimum atomic E-state index is -0.0543. The fraction of sp³-hybridized carbons (Fsp3) is 0.0667. The van der Waals surface area contributed by atoms with Crippen LogP contribution in [0.1, 0.15) is 5.56 Å². The lowest BCUT2D eigenvalue weighted by molar-refractivity contribution is 0.961. The number of benzene rings is 2. The molecule has 1 heterocycles. The van der Waals surface area contributed by atoms with Crippen molar-refractivity contribution in [3.05, 3.63) is 69.2 Å². The summed E-state index contributed by atoms with van der Waals surface area (Å²) in [6.07, 6.45) is 1.57. The van der Waals surface area contributed by atoms with Crippen molar-refractivity contribution in [3.8, 4) is 5.69 Å². The minimum Gasteiger partial charge on any atom is -0.268 e. The van der Waals surface area contributed by atoms with Gasteiger partial charge in [0, 0.05) is 4.47 Å². The van der Waals surface area contributed by atoms with E-state index in [0.717, 1.165) is 21.2 Å². The summed E-state index contributed by atoms with van der Waals surface area (Å²) in [5, 5.41) is 0.627. The van der Waals surface area contributed by atoms with Gasteiger partial charge < -0.3 is 0 Å². The highest BCUT2D eigenvalue weighted by atomic mass is 79.9. The molecule has 3 nitrogen and oxygen atoms in total. The smallest absolute Gasteiger partial charge is 0.265 e. The molecule has 0 spiro atoms. The van der Waals surface area contributed by atoms with Crippen LogP contribution in [-0.4, -0.2) is 9.55 Å². The first-order valence-corrected chi connectivity index (χ1v) is 6.69. The van der Waals surface area contributed by atoms with Gasteiger partial charge in [-0.25, -0.2) is 4.98 Å². The van der Waals surface area contributed by atoms with Gasteiger partial charge >= 0.3 is 0 Å². The third-order valence-corrected chi connectivity index (χ3v) is 3.95. The quantitative estimate of drug-likeness (QED) is 0.689. The van der Waals surface area contributed by atoms with Crippen molar-refractivity contribution in [2.75, 3.05) is 0 Å². The van der Waals surface area contributed by atoms with Crippen LogP contribution in [0.3, 0.4) is 0 Å². The molecule has 0 atom stereocenters. The molecule has 3 aromatic rings. The largest absolute Gasteiger partial charge is 0.268 e. The number of halogens is 1. The second-order valence-corrected chi connectivity index (χ2v) is 5.22. The van der Waals surface area contributed by atoms with E-state index in [-0.39, 0.29) is 5.56 Å². The summed E-state index contributed by atoms with van der Waals surface area (Å²) in [7, 11) is 0. The Morgan fingerprint density at radius 1 is 1.16 bits per heavy atom. The first-order valence-electron chi connectivity index (χ1n) is 5.90. The predicted molar refractivity (Wildman–Crippen MR) is 79.8 cm³/mol. The van der Waals surface area contributed by atoms with Crippen molar-refractivity contribution >= 4 is 26.8 Å². The van der Waals surface area contributed by atoms with Gasteiger partial charge in [0.15, 0.2) is 0 Å². The van der Waals surface area contributed by atoms with E-state index in [1.165, 1.54) is 0 Å². The van der Waals surface area contributed by atoms with Crippen LogP contribution in [0.5, 0.6) is 0 Å². The van der Waals surface area contributed by atoms with E-state index >= 15 is 0 Å². The summed E-state index contributed by atoms with van der Waals surface area (Å²) >= 11 is 3.48. The molecular formula is C15H11BrN2O. The first-order chi connectivity index (χ1) is 9.16. The van der Waals surface area contributed by atoms with Gasteiger partial charge in [-0.15, -0.1) is 0 Å². The zero-order valence-corrected chi connectivity index (χ0v) is 11.9. The molecule has 94 valence electrons. The first kappa shape index (κ1) is 12.1. The van der Waals surface area contributed by atoms with E-state index in [1.54, 1.807) is 17.0 Å². The van der Waals surface area contributed by atoms with Crippen LogP contribution >= 0.6 is 15.9 Å². The monoisotopic (exact) mass is 314 g/mol. The predicted octanol–water partition coefficient (Wildman–Crippen LogP) is 3.46. The van der Waals surface area contributed by atoms with Gasteiger partial charge in [0.05, 0.1) is 16.6 Å². The van der Waals surface area contributed by atoms with E-state index < -0.39 is 0 Å². The lowest BCUT2D eigenvalue weighted by Gasteiger charge is -2.08. The van der Waals surface area contributed by atoms with E-state index in [2.05, 4.69) is 20.9 Å². The van der Waals surface area contributed by atoms with Gasteiger partial charge in [-0.1, -0.05) is 34.1 Å². The number of nitrogens with zero attached hydrogens (tertiary/aromatic N) is 2. The molecule has 1 aromatic heterocycles. The Morgan fingerprint density at radius 2 is 1.95 bits per heavy atom. The number of hydrogen-bond acceptors (Lipinski definition) is 2. The van der Waals surface area contributed by atoms with Crippen LogP contribution in [0, 0.1) is 6.92 Å². The topological polar surface area (TPSA) is 34.9 Å². The van der Waals surface area contributed by atoms with Crippen molar-refractivity contribution in [2.45, 2.75) is 6.92 Å². The Morgan fingerprint density at radius 3 is 2.74 bits per heavy atom. The molecule has 0 amide bonds. The number of aryl methyl sites for hydroxylation is 1. The normalized spacial score (nSPS) is 10.8. The molecular weight excluding hydrogens is 304 g/mol. The van der Waals surface area contributed by atoms with Gasteiger partial charge in [0.2, 0.25) is 0 Å². The average molecular weight is 315 g/mol. The fourth-order valence-electron chi connectivity index (χ4n) is 1.98. The number of para-hydroxylation sites is 1. The van der Waals surface area contributed by atoms with Gasteiger partial charge in [0.25, 0.3) is 5.56 Å². The molecule has 0 saturated carbocycles. The zero-order chi connectivity index (χ0) is 13.4. The molecule has 19 heavy (non-hydrogen) atoms. The SMILES string of the molecule is Cc1ccc(-n2cnc3ccccc3c2=O)cc1Br. The van der Waals surface area contributed by atoms with Crippen molar-refractivity contribution in [1.29, 1.82) is 0 Å². The molecule has 0 bridgehead atoms. The molecule has 0 unspecified atom stereocenters. The molecule has 3 rings (SSSR count). The van der Waals surface area contributed by atoms with Crippen LogP contribution < -0.4 is 5.56 Å². The Kier molecular flexibility index (Phi) is 2.95. The minimum absolute atomic E-state index is 0.0543. The number of rotatable bonds is 1. The standard InChI is InChI=1S/C15H11BrN2O/c1-10-6-7-11(8-13(10)16)18-9-17-14-5-3-2-4-12(14)15(18)19/h2-9H,1H3. The van der Waals surface area contributed by atoms with Crippen molar-refractivity contribution in [3.63, 3.8) is 0 Å². The molecule has 0 aliphatic rings. The second-order valence-electron chi connectivity index (χ2n) is 4.37. The summed E-state index contributed by atoms with van der Waals surface area (Å²) in [6, 6.07) is 13.2. The van der Waals surface area contributed by atoms with Crippen LogP contribution in [0.25, 0.3) is 16.6 Å². The van der Waals surface area contributed by atoms with Crippen LogP contribution in [0.15, 0.2) is 58.1 Å². The molecule has 0 saturated heterocycles. The van der Waals surface area contributed by atoms with E-state index in [0.29, 0.717) is 5.39 Å². The molecule has 0 N–H and O–H groups in total. The Hall–Kier alpha value is -1.94. The lowest BCUT2D eigenvalue weighted by Crippen LogP contribution is -2.18. The maximum Gasteiger partial charge on any atom is 0.265 e. The fourth-order valence-corrected chi connectivity index (χ4v) is 2.35. The van der Waals surface area contributed by atoms with Crippen LogP contribution in [0.2, 0.25) is 0 Å². The average Bonchev–Trinajstić information content (AvgIpc) is 2.43. The Balaban J connectivity index is 2.28. The summed E-state index contributed by atoms with van der Waals surface area (Å²) < 4.78 is 2.54. The molecule has 0 radical (unpaired) electrons. The Labute approximate surface area is 118 Å². The molecule has 0 fully saturated rings. The summed E-state index contributed by atoms with van der Waals surface area (Å²) in [5.74, 6) is 0.